The van der Waals surface area contributed by atoms with Crippen LogP contribution < -0.4 is 15.4 Å². The van der Waals surface area contributed by atoms with E-state index in [1.54, 1.807) is 24.3 Å². The summed E-state index contributed by atoms with van der Waals surface area (Å²) in [6, 6.07) is 8.93. The van der Waals surface area contributed by atoms with Gasteiger partial charge >= 0.3 is 6.03 Å². The molecule has 0 aliphatic carbocycles. The molecule has 9 nitrogen and oxygen atoms in total. The number of urea groups is 1. The zero-order valence-corrected chi connectivity index (χ0v) is 19.6. The normalized spacial score (nSPS) is 14.9. The van der Waals surface area contributed by atoms with Gasteiger partial charge in [0.25, 0.3) is 0 Å². The number of amides is 2. The Morgan fingerprint density at radius 3 is 2.52 bits per heavy atom. The van der Waals surface area contributed by atoms with E-state index in [-0.39, 0.29) is 17.3 Å². The Morgan fingerprint density at radius 2 is 1.81 bits per heavy atom. The molecule has 0 saturated carbocycles. The monoisotopic (exact) mass is 532 g/mol. The third-order valence-corrected chi connectivity index (χ3v) is 7.20. The van der Waals surface area contributed by atoms with Crippen LogP contribution in [0.4, 0.5) is 16.2 Å². The van der Waals surface area contributed by atoms with Crippen LogP contribution in [0, 0.1) is 0 Å². The molecule has 1 fully saturated rings. The molecule has 0 aromatic heterocycles. The number of carbonyl (C=O) groups is 1. The third kappa shape index (κ3) is 6.31. The standard InChI is InChI=1S/C19H22BrClN4O5S/c20-13-3-1-2-4-15(13)23-19(27)24-16-6-5-14(21)18(17(16)26)31(28,29)22-7-8-25-9-11-30-12-10-25/h1-6,22,26H,7-12H2,(H2,23,24,27). The fourth-order valence-electron chi connectivity index (χ4n) is 2.98. The molecule has 1 aliphatic rings. The fourth-order valence-corrected chi connectivity index (χ4v) is 5.01. The molecule has 12 heteroatoms. The van der Waals surface area contributed by atoms with Crippen molar-refractivity contribution in [2.45, 2.75) is 4.90 Å². The molecule has 3 rings (SSSR count). The van der Waals surface area contributed by atoms with Gasteiger partial charge in [0.05, 0.1) is 29.6 Å². The van der Waals surface area contributed by atoms with Gasteiger partial charge in [0, 0.05) is 30.7 Å². The SMILES string of the molecule is O=C(Nc1ccccc1Br)Nc1ccc(Cl)c(S(=O)(=O)NCCN2CCOCC2)c1O. The predicted molar refractivity (Wildman–Crippen MR) is 122 cm³/mol. The maximum Gasteiger partial charge on any atom is 0.323 e. The lowest BCUT2D eigenvalue weighted by atomic mass is 10.3. The highest BCUT2D eigenvalue weighted by atomic mass is 79.9. The number of halogens is 2. The summed E-state index contributed by atoms with van der Waals surface area (Å²) in [5, 5.41) is 15.4. The van der Waals surface area contributed by atoms with Crippen molar-refractivity contribution in [2.24, 2.45) is 0 Å². The van der Waals surface area contributed by atoms with E-state index >= 15 is 0 Å². The van der Waals surface area contributed by atoms with Gasteiger partial charge in [0.1, 0.15) is 4.90 Å². The highest BCUT2D eigenvalue weighted by molar-refractivity contribution is 9.10. The van der Waals surface area contributed by atoms with Crippen LogP contribution in [0.3, 0.4) is 0 Å². The molecule has 1 heterocycles. The van der Waals surface area contributed by atoms with Crippen molar-refractivity contribution in [1.29, 1.82) is 0 Å². The summed E-state index contributed by atoms with van der Waals surface area (Å²) < 4.78 is 33.9. The van der Waals surface area contributed by atoms with Crippen molar-refractivity contribution in [3.8, 4) is 5.75 Å². The first-order valence-electron chi connectivity index (χ1n) is 9.41. The lowest BCUT2D eigenvalue weighted by molar-refractivity contribution is 0.0390. The number of phenolic OH excluding ortho intramolecular Hbond substituents is 1. The van der Waals surface area contributed by atoms with Gasteiger partial charge in [0.2, 0.25) is 10.0 Å². The molecular weight excluding hydrogens is 512 g/mol. The lowest BCUT2D eigenvalue weighted by Crippen LogP contribution is -2.41. The number of nitrogens with one attached hydrogen (secondary N) is 3. The molecule has 0 unspecified atom stereocenters. The van der Waals surface area contributed by atoms with Gasteiger partial charge in [-0.15, -0.1) is 0 Å². The summed E-state index contributed by atoms with van der Waals surface area (Å²) in [4.78, 5) is 13.9. The van der Waals surface area contributed by atoms with E-state index in [1.807, 2.05) is 0 Å². The number of phenols is 1. The smallest absolute Gasteiger partial charge is 0.323 e. The van der Waals surface area contributed by atoms with Crippen LogP contribution in [0.25, 0.3) is 0 Å². The molecule has 0 atom stereocenters. The molecule has 0 radical (unpaired) electrons. The maximum absolute atomic E-state index is 12.8. The minimum absolute atomic E-state index is 0.0949. The van der Waals surface area contributed by atoms with Gasteiger partial charge < -0.3 is 20.5 Å². The van der Waals surface area contributed by atoms with Crippen molar-refractivity contribution in [3.05, 3.63) is 45.9 Å². The Morgan fingerprint density at radius 1 is 1.13 bits per heavy atom. The molecule has 0 bridgehead atoms. The van der Waals surface area contributed by atoms with Crippen molar-refractivity contribution in [2.75, 3.05) is 50.0 Å². The number of nitrogens with zero attached hydrogens (tertiary/aromatic N) is 1. The van der Waals surface area contributed by atoms with Crippen molar-refractivity contribution < 1.29 is 23.1 Å². The number of morpholine rings is 1. The van der Waals surface area contributed by atoms with E-state index in [4.69, 9.17) is 16.3 Å². The Balaban J connectivity index is 1.70. The van der Waals surface area contributed by atoms with E-state index in [9.17, 15) is 18.3 Å². The Bertz CT molecular complexity index is 1050. The van der Waals surface area contributed by atoms with Crippen LogP contribution in [0.15, 0.2) is 45.8 Å². The van der Waals surface area contributed by atoms with Crippen LogP contribution in [0.1, 0.15) is 0 Å². The number of aromatic hydroxyl groups is 1. The van der Waals surface area contributed by atoms with Gasteiger partial charge in [-0.05, 0) is 40.2 Å². The average molecular weight is 534 g/mol. The number of sulfonamides is 1. The topological polar surface area (TPSA) is 120 Å². The number of rotatable bonds is 7. The molecule has 2 aromatic rings. The van der Waals surface area contributed by atoms with E-state index in [0.717, 1.165) is 13.1 Å². The molecule has 1 aliphatic heterocycles. The summed E-state index contributed by atoms with van der Waals surface area (Å²) in [5.41, 5.74) is 0.411. The molecule has 4 N–H and O–H groups in total. The van der Waals surface area contributed by atoms with Crippen LogP contribution in [-0.4, -0.2) is 63.8 Å². The van der Waals surface area contributed by atoms with Gasteiger partial charge in [-0.2, -0.15) is 0 Å². The summed E-state index contributed by atoms with van der Waals surface area (Å²) in [6.45, 7) is 3.29. The lowest BCUT2D eigenvalue weighted by Gasteiger charge is -2.26. The second kappa shape index (κ2) is 10.6. The highest BCUT2D eigenvalue weighted by Crippen LogP contribution is 2.36. The predicted octanol–water partition coefficient (Wildman–Crippen LogP) is 3.06. The number of ether oxygens (including phenoxy) is 1. The zero-order valence-electron chi connectivity index (χ0n) is 16.4. The molecular formula is C19H22BrClN4O5S. The van der Waals surface area contributed by atoms with E-state index < -0.39 is 26.7 Å². The quantitative estimate of drug-likeness (QED) is 0.406. The summed E-state index contributed by atoms with van der Waals surface area (Å²) in [6.07, 6.45) is 0. The molecule has 0 spiro atoms. The van der Waals surface area contributed by atoms with Gasteiger partial charge in [-0.25, -0.2) is 17.9 Å². The second-order valence-corrected chi connectivity index (χ2v) is 9.65. The fraction of sp³-hybridized carbons (Fsp3) is 0.316. The first kappa shape index (κ1) is 23.8. The summed E-state index contributed by atoms with van der Waals surface area (Å²) in [5.74, 6) is -0.645. The van der Waals surface area contributed by atoms with Crippen molar-refractivity contribution >= 4 is 55.0 Å². The maximum atomic E-state index is 12.8. The van der Waals surface area contributed by atoms with Crippen LogP contribution >= 0.6 is 27.5 Å². The van der Waals surface area contributed by atoms with Crippen LogP contribution in [0.2, 0.25) is 5.02 Å². The molecule has 168 valence electrons. The first-order chi connectivity index (χ1) is 14.8. The average Bonchev–Trinajstić information content (AvgIpc) is 2.72. The third-order valence-electron chi connectivity index (χ3n) is 4.55. The minimum Gasteiger partial charge on any atom is -0.504 e. The number of benzene rings is 2. The van der Waals surface area contributed by atoms with E-state index in [1.165, 1.54) is 12.1 Å². The largest absolute Gasteiger partial charge is 0.504 e. The Labute approximate surface area is 193 Å². The van der Waals surface area contributed by atoms with E-state index in [0.29, 0.717) is 29.9 Å². The number of hydrogen-bond acceptors (Lipinski definition) is 6. The van der Waals surface area contributed by atoms with Gasteiger partial charge in [-0.3, -0.25) is 4.90 Å². The Hall–Kier alpha value is -1.89. The number of carbonyl (C=O) groups excluding carboxylic acids is 1. The number of hydrogen-bond donors (Lipinski definition) is 4. The molecule has 2 amide bonds. The molecule has 2 aromatic carbocycles. The number of anilines is 2. The van der Waals surface area contributed by atoms with Gasteiger partial charge in [-0.1, -0.05) is 23.7 Å². The zero-order chi connectivity index (χ0) is 22.4. The molecule has 1 saturated heterocycles. The Kier molecular flexibility index (Phi) is 8.14. The molecule has 31 heavy (non-hydrogen) atoms. The summed E-state index contributed by atoms with van der Waals surface area (Å²) >= 11 is 9.38. The number of para-hydroxylation sites is 1. The minimum atomic E-state index is -4.12. The van der Waals surface area contributed by atoms with E-state index in [2.05, 4.69) is 36.2 Å². The van der Waals surface area contributed by atoms with Crippen LogP contribution in [0.5, 0.6) is 5.75 Å². The van der Waals surface area contributed by atoms with Gasteiger partial charge in [0.15, 0.2) is 5.75 Å². The second-order valence-electron chi connectivity index (χ2n) is 6.68. The highest BCUT2D eigenvalue weighted by Gasteiger charge is 2.25. The first-order valence-corrected chi connectivity index (χ1v) is 12.1. The van der Waals surface area contributed by atoms with Crippen molar-refractivity contribution in [3.63, 3.8) is 0 Å². The van der Waals surface area contributed by atoms with Crippen LogP contribution in [-0.2, 0) is 14.8 Å². The summed E-state index contributed by atoms with van der Waals surface area (Å²) in [7, 11) is -4.12. The van der Waals surface area contributed by atoms with Crippen molar-refractivity contribution in [1.82, 2.24) is 9.62 Å².